The van der Waals surface area contributed by atoms with E-state index in [1.54, 1.807) is 18.2 Å². The second-order valence-corrected chi connectivity index (χ2v) is 7.64. The molecule has 0 fully saturated rings. The van der Waals surface area contributed by atoms with E-state index in [0.717, 1.165) is 16.4 Å². The summed E-state index contributed by atoms with van der Waals surface area (Å²) in [4.78, 5) is 22.0. The molecule has 0 aliphatic rings. The Morgan fingerprint density at radius 1 is 1.17 bits per heavy atom. The SMILES string of the molecule is COc1cc(/C=C/[N+](=O)[O-])ccc1OC(=O)CCCOc1ccc(C(C)C)cc1Br. The summed E-state index contributed by atoms with van der Waals surface area (Å²) in [5.41, 5.74) is 1.78. The maximum absolute atomic E-state index is 12.1. The highest BCUT2D eigenvalue weighted by Crippen LogP contribution is 2.30. The van der Waals surface area contributed by atoms with Crippen molar-refractivity contribution >= 4 is 28.0 Å². The number of methoxy groups -OCH3 is 1. The van der Waals surface area contributed by atoms with Crippen LogP contribution in [0.5, 0.6) is 17.2 Å². The first kappa shape index (κ1) is 23.4. The monoisotopic (exact) mass is 477 g/mol. The van der Waals surface area contributed by atoms with E-state index in [1.807, 2.05) is 18.2 Å². The number of hydrogen-bond donors (Lipinski definition) is 0. The predicted molar refractivity (Wildman–Crippen MR) is 118 cm³/mol. The van der Waals surface area contributed by atoms with Crippen LogP contribution in [0.3, 0.4) is 0 Å². The molecule has 2 aromatic rings. The summed E-state index contributed by atoms with van der Waals surface area (Å²) in [5, 5.41) is 10.4. The predicted octanol–water partition coefficient (Wildman–Crippen LogP) is 5.59. The Hall–Kier alpha value is -2.87. The Bertz CT molecular complexity index is 926. The van der Waals surface area contributed by atoms with E-state index in [-0.39, 0.29) is 12.2 Å². The third kappa shape index (κ3) is 7.18. The average Bonchev–Trinajstić information content (AvgIpc) is 2.71. The van der Waals surface area contributed by atoms with E-state index >= 15 is 0 Å². The zero-order valence-corrected chi connectivity index (χ0v) is 18.7. The number of carbonyl (C=O) groups is 1. The van der Waals surface area contributed by atoms with Crippen LogP contribution in [0.4, 0.5) is 0 Å². The second kappa shape index (κ2) is 11.3. The minimum absolute atomic E-state index is 0.174. The molecule has 0 aliphatic heterocycles. The lowest BCUT2D eigenvalue weighted by Gasteiger charge is -2.12. The zero-order valence-electron chi connectivity index (χ0n) is 17.1. The normalized spacial score (nSPS) is 11.0. The van der Waals surface area contributed by atoms with Crippen LogP contribution >= 0.6 is 15.9 Å². The lowest BCUT2D eigenvalue weighted by atomic mass is 10.0. The van der Waals surface area contributed by atoms with Gasteiger partial charge >= 0.3 is 5.97 Å². The molecule has 0 radical (unpaired) electrons. The quantitative estimate of drug-likeness (QED) is 0.145. The summed E-state index contributed by atoms with van der Waals surface area (Å²) in [6.45, 7) is 4.62. The standard InChI is InChI=1S/C22H24BrNO6/c1-15(2)17-7-9-19(18(23)14-17)29-12-4-5-22(25)30-20-8-6-16(10-11-24(26)27)13-21(20)28-3/h6-11,13-15H,4-5,12H2,1-3H3/b11-10+. The van der Waals surface area contributed by atoms with Crippen LogP contribution in [-0.2, 0) is 4.79 Å². The van der Waals surface area contributed by atoms with Gasteiger partial charge in [-0.15, -0.1) is 0 Å². The molecular formula is C22H24BrNO6. The molecular weight excluding hydrogens is 454 g/mol. The first-order chi connectivity index (χ1) is 14.3. The molecule has 0 amide bonds. The van der Waals surface area contributed by atoms with Gasteiger partial charge in [0.05, 0.1) is 23.1 Å². The van der Waals surface area contributed by atoms with Crippen LogP contribution in [0.15, 0.2) is 47.1 Å². The van der Waals surface area contributed by atoms with Gasteiger partial charge in [0.2, 0.25) is 6.20 Å². The van der Waals surface area contributed by atoms with Crippen molar-refractivity contribution in [1.29, 1.82) is 0 Å². The molecule has 7 nitrogen and oxygen atoms in total. The lowest BCUT2D eigenvalue weighted by Crippen LogP contribution is -2.10. The highest BCUT2D eigenvalue weighted by atomic mass is 79.9. The molecule has 160 valence electrons. The maximum Gasteiger partial charge on any atom is 0.311 e. The average molecular weight is 478 g/mol. The van der Waals surface area contributed by atoms with Crippen molar-refractivity contribution in [3.8, 4) is 17.2 Å². The van der Waals surface area contributed by atoms with Crippen LogP contribution in [0.2, 0.25) is 0 Å². The Kier molecular flexibility index (Phi) is 8.86. The fraction of sp³-hybridized carbons (Fsp3) is 0.318. The van der Waals surface area contributed by atoms with E-state index in [2.05, 4.69) is 29.8 Å². The molecule has 0 aromatic heterocycles. The number of benzene rings is 2. The van der Waals surface area contributed by atoms with Crippen LogP contribution in [0.1, 0.15) is 43.7 Å². The van der Waals surface area contributed by atoms with E-state index in [4.69, 9.17) is 14.2 Å². The zero-order chi connectivity index (χ0) is 22.1. The van der Waals surface area contributed by atoms with Gasteiger partial charge in [0.1, 0.15) is 5.75 Å². The van der Waals surface area contributed by atoms with E-state index in [0.29, 0.717) is 30.3 Å². The number of hydrogen-bond acceptors (Lipinski definition) is 6. The lowest BCUT2D eigenvalue weighted by molar-refractivity contribution is -0.400. The molecule has 2 aromatic carbocycles. The molecule has 0 heterocycles. The molecule has 30 heavy (non-hydrogen) atoms. The molecule has 0 saturated carbocycles. The Balaban J connectivity index is 1.85. The van der Waals surface area contributed by atoms with E-state index < -0.39 is 10.9 Å². The largest absolute Gasteiger partial charge is 0.493 e. The third-order valence-electron chi connectivity index (χ3n) is 4.21. The van der Waals surface area contributed by atoms with Crippen LogP contribution in [-0.4, -0.2) is 24.6 Å². The van der Waals surface area contributed by atoms with E-state index in [1.165, 1.54) is 18.7 Å². The van der Waals surface area contributed by atoms with Crippen molar-refractivity contribution in [2.24, 2.45) is 0 Å². The molecule has 0 spiro atoms. The van der Waals surface area contributed by atoms with Crippen LogP contribution in [0.25, 0.3) is 6.08 Å². The number of rotatable bonds is 10. The minimum Gasteiger partial charge on any atom is -0.493 e. The maximum atomic E-state index is 12.1. The molecule has 8 heteroatoms. The molecule has 0 saturated heterocycles. The molecule has 0 aliphatic carbocycles. The third-order valence-corrected chi connectivity index (χ3v) is 4.83. The van der Waals surface area contributed by atoms with Gasteiger partial charge in [0.25, 0.3) is 0 Å². The number of carbonyl (C=O) groups excluding carboxylic acids is 1. The molecule has 0 bridgehead atoms. The highest BCUT2D eigenvalue weighted by Gasteiger charge is 2.11. The summed E-state index contributed by atoms with van der Waals surface area (Å²) in [6, 6.07) is 10.7. The van der Waals surface area contributed by atoms with Crippen molar-refractivity contribution in [2.45, 2.75) is 32.6 Å². The summed E-state index contributed by atoms with van der Waals surface area (Å²) in [6.07, 6.45) is 2.82. The van der Waals surface area contributed by atoms with Gasteiger partial charge in [-0.2, -0.15) is 0 Å². The molecule has 0 unspecified atom stereocenters. The van der Waals surface area contributed by atoms with E-state index in [9.17, 15) is 14.9 Å². The van der Waals surface area contributed by atoms with Crippen LogP contribution in [0, 0.1) is 10.1 Å². The first-order valence-corrected chi connectivity index (χ1v) is 10.2. The van der Waals surface area contributed by atoms with Crippen molar-refractivity contribution in [3.05, 3.63) is 68.3 Å². The Morgan fingerprint density at radius 2 is 1.90 bits per heavy atom. The number of halogens is 1. The molecule has 0 atom stereocenters. The van der Waals surface area contributed by atoms with Gasteiger partial charge in [-0.3, -0.25) is 14.9 Å². The fourth-order valence-electron chi connectivity index (χ4n) is 2.58. The van der Waals surface area contributed by atoms with Crippen molar-refractivity contribution in [3.63, 3.8) is 0 Å². The molecule has 0 N–H and O–H groups in total. The fourth-order valence-corrected chi connectivity index (χ4v) is 3.10. The topological polar surface area (TPSA) is 87.9 Å². The van der Waals surface area contributed by atoms with Gasteiger partial charge in [0, 0.05) is 12.5 Å². The van der Waals surface area contributed by atoms with Gasteiger partial charge in [-0.05, 0) is 63.7 Å². The summed E-state index contributed by atoms with van der Waals surface area (Å²) < 4.78 is 17.2. The van der Waals surface area contributed by atoms with Crippen molar-refractivity contribution < 1.29 is 23.9 Å². The minimum atomic E-state index is -0.556. The number of ether oxygens (including phenoxy) is 3. The number of nitrogens with zero attached hydrogens (tertiary/aromatic N) is 1. The van der Waals surface area contributed by atoms with Gasteiger partial charge in [-0.1, -0.05) is 26.0 Å². The second-order valence-electron chi connectivity index (χ2n) is 6.78. The van der Waals surface area contributed by atoms with Crippen molar-refractivity contribution in [2.75, 3.05) is 13.7 Å². The van der Waals surface area contributed by atoms with Gasteiger partial charge in [-0.25, -0.2) is 0 Å². The summed E-state index contributed by atoms with van der Waals surface area (Å²) >= 11 is 3.51. The Morgan fingerprint density at radius 3 is 2.53 bits per heavy atom. The summed E-state index contributed by atoms with van der Waals surface area (Å²) in [7, 11) is 1.43. The summed E-state index contributed by atoms with van der Waals surface area (Å²) in [5.74, 6) is 1.32. The molecule has 2 rings (SSSR count). The van der Waals surface area contributed by atoms with Gasteiger partial charge < -0.3 is 14.2 Å². The first-order valence-electron chi connectivity index (χ1n) is 9.42. The van der Waals surface area contributed by atoms with Crippen LogP contribution < -0.4 is 14.2 Å². The smallest absolute Gasteiger partial charge is 0.311 e. The van der Waals surface area contributed by atoms with Gasteiger partial charge in [0.15, 0.2) is 11.5 Å². The van der Waals surface area contributed by atoms with Crippen molar-refractivity contribution in [1.82, 2.24) is 0 Å². The number of esters is 1. The Labute approximate surface area is 183 Å². The highest BCUT2D eigenvalue weighted by molar-refractivity contribution is 9.10. The number of nitro groups is 1.